The molecule has 3 fully saturated rings. The Labute approximate surface area is 109 Å². The summed E-state index contributed by atoms with van der Waals surface area (Å²) < 4.78 is 11.4. The molecule has 4 unspecified atom stereocenters. The van der Waals surface area contributed by atoms with Crippen molar-refractivity contribution in [1.82, 2.24) is 0 Å². The third kappa shape index (κ3) is 2.35. The number of carbonyl (C=O) groups excluding carboxylic acids is 1. The van der Waals surface area contributed by atoms with Gasteiger partial charge in [-0.3, -0.25) is 4.79 Å². The quantitative estimate of drug-likeness (QED) is 0.757. The van der Waals surface area contributed by atoms with Gasteiger partial charge >= 0.3 is 0 Å². The minimum Gasteiger partial charge on any atom is -0.378 e. The SMILES string of the molecule is CC1CCC(C(=O)C2CCOC3(CCOC3)C2)C1. The zero-order valence-electron chi connectivity index (χ0n) is 11.3. The molecule has 18 heavy (non-hydrogen) atoms. The number of ether oxygens (including phenoxy) is 2. The summed E-state index contributed by atoms with van der Waals surface area (Å²) in [7, 11) is 0. The van der Waals surface area contributed by atoms with Gasteiger partial charge in [-0.1, -0.05) is 6.92 Å². The van der Waals surface area contributed by atoms with E-state index in [1.54, 1.807) is 0 Å². The Bertz CT molecular complexity index is 320. The lowest BCUT2D eigenvalue weighted by Gasteiger charge is -2.37. The lowest BCUT2D eigenvalue weighted by atomic mass is 9.79. The number of Topliss-reactive ketones (excluding diaryl/α,β-unsaturated/α-hetero) is 1. The fourth-order valence-electron chi connectivity index (χ4n) is 3.93. The molecular formula is C15H24O3. The van der Waals surface area contributed by atoms with Gasteiger partial charge in [-0.05, 0) is 38.0 Å². The zero-order valence-corrected chi connectivity index (χ0v) is 11.3. The molecule has 1 saturated carbocycles. The van der Waals surface area contributed by atoms with Crippen LogP contribution in [-0.2, 0) is 14.3 Å². The molecule has 3 aliphatic rings. The molecule has 1 spiro atoms. The van der Waals surface area contributed by atoms with Crippen molar-refractivity contribution < 1.29 is 14.3 Å². The minimum absolute atomic E-state index is 0.122. The first-order valence-corrected chi connectivity index (χ1v) is 7.44. The highest BCUT2D eigenvalue weighted by Crippen LogP contribution is 2.40. The Morgan fingerprint density at radius 1 is 1.17 bits per heavy atom. The van der Waals surface area contributed by atoms with Crippen LogP contribution in [0.2, 0.25) is 0 Å². The van der Waals surface area contributed by atoms with Crippen LogP contribution in [0, 0.1) is 17.8 Å². The fourth-order valence-corrected chi connectivity index (χ4v) is 3.93. The van der Waals surface area contributed by atoms with Crippen LogP contribution < -0.4 is 0 Å². The van der Waals surface area contributed by atoms with Crippen molar-refractivity contribution in [3.05, 3.63) is 0 Å². The van der Waals surface area contributed by atoms with Crippen LogP contribution in [0.1, 0.15) is 45.4 Å². The Morgan fingerprint density at radius 2 is 2.06 bits per heavy atom. The molecule has 0 aromatic rings. The Balaban J connectivity index is 1.63. The molecule has 2 saturated heterocycles. The molecule has 0 aromatic carbocycles. The van der Waals surface area contributed by atoms with Crippen molar-refractivity contribution in [2.45, 2.75) is 51.0 Å². The first-order chi connectivity index (χ1) is 8.69. The molecule has 3 nitrogen and oxygen atoms in total. The van der Waals surface area contributed by atoms with E-state index in [4.69, 9.17) is 9.47 Å². The Hall–Kier alpha value is -0.410. The fraction of sp³-hybridized carbons (Fsp3) is 0.933. The van der Waals surface area contributed by atoms with Gasteiger partial charge in [0.25, 0.3) is 0 Å². The van der Waals surface area contributed by atoms with Crippen molar-refractivity contribution in [3.63, 3.8) is 0 Å². The van der Waals surface area contributed by atoms with Gasteiger partial charge in [-0.15, -0.1) is 0 Å². The van der Waals surface area contributed by atoms with Crippen LogP contribution in [0.3, 0.4) is 0 Å². The van der Waals surface area contributed by atoms with Gasteiger partial charge in [-0.2, -0.15) is 0 Å². The maximum atomic E-state index is 12.6. The van der Waals surface area contributed by atoms with Gasteiger partial charge in [0.05, 0.1) is 12.2 Å². The highest BCUT2D eigenvalue weighted by molar-refractivity contribution is 5.83. The lowest BCUT2D eigenvalue weighted by molar-refractivity contribution is -0.140. The van der Waals surface area contributed by atoms with Gasteiger partial charge < -0.3 is 9.47 Å². The Morgan fingerprint density at radius 3 is 2.72 bits per heavy atom. The molecule has 0 amide bonds. The van der Waals surface area contributed by atoms with Gasteiger partial charge in [0, 0.05) is 31.5 Å². The van der Waals surface area contributed by atoms with E-state index < -0.39 is 0 Å². The third-order valence-electron chi connectivity index (χ3n) is 5.06. The second kappa shape index (κ2) is 4.93. The highest BCUT2D eigenvalue weighted by atomic mass is 16.6. The predicted octanol–water partition coefficient (Wildman–Crippen LogP) is 2.58. The predicted molar refractivity (Wildman–Crippen MR) is 68.4 cm³/mol. The van der Waals surface area contributed by atoms with E-state index in [-0.39, 0.29) is 11.5 Å². The third-order valence-corrected chi connectivity index (χ3v) is 5.06. The standard InChI is InChI=1S/C15H24O3/c1-11-2-3-12(8-11)14(16)13-4-6-18-15(9-13)5-7-17-10-15/h11-13H,2-10H2,1H3. The first-order valence-electron chi connectivity index (χ1n) is 7.44. The monoisotopic (exact) mass is 252 g/mol. The Kier molecular flexibility index (Phi) is 3.46. The number of hydrogen-bond acceptors (Lipinski definition) is 3. The largest absolute Gasteiger partial charge is 0.378 e. The van der Waals surface area contributed by atoms with Crippen LogP contribution in [-0.4, -0.2) is 31.2 Å². The number of carbonyl (C=O) groups is 1. The molecule has 4 atom stereocenters. The molecule has 0 aromatic heterocycles. The number of ketones is 1. The summed E-state index contributed by atoms with van der Waals surface area (Å²) in [5.41, 5.74) is -0.122. The molecule has 2 aliphatic heterocycles. The minimum atomic E-state index is -0.122. The summed E-state index contributed by atoms with van der Waals surface area (Å²) in [4.78, 5) is 12.6. The maximum Gasteiger partial charge on any atom is 0.139 e. The molecule has 2 heterocycles. The van der Waals surface area contributed by atoms with Crippen molar-refractivity contribution in [2.75, 3.05) is 19.8 Å². The molecule has 0 N–H and O–H groups in total. The molecule has 3 heteroatoms. The lowest BCUT2D eigenvalue weighted by Crippen LogP contribution is -2.43. The summed E-state index contributed by atoms with van der Waals surface area (Å²) in [6.45, 7) is 4.49. The molecule has 3 rings (SSSR count). The first kappa shape index (κ1) is 12.6. The van der Waals surface area contributed by atoms with Crippen molar-refractivity contribution in [3.8, 4) is 0 Å². The molecule has 0 radical (unpaired) electrons. The molecule has 102 valence electrons. The highest BCUT2D eigenvalue weighted by Gasteiger charge is 2.44. The molecule has 1 aliphatic carbocycles. The van der Waals surface area contributed by atoms with Crippen LogP contribution >= 0.6 is 0 Å². The van der Waals surface area contributed by atoms with Crippen LogP contribution in [0.25, 0.3) is 0 Å². The van der Waals surface area contributed by atoms with Gasteiger partial charge in [0.2, 0.25) is 0 Å². The van der Waals surface area contributed by atoms with Crippen LogP contribution in [0.4, 0.5) is 0 Å². The average molecular weight is 252 g/mol. The van der Waals surface area contributed by atoms with Crippen LogP contribution in [0.5, 0.6) is 0 Å². The van der Waals surface area contributed by atoms with E-state index in [9.17, 15) is 4.79 Å². The average Bonchev–Trinajstić information content (AvgIpc) is 2.98. The number of hydrogen-bond donors (Lipinski definition) is 0. The maximum absolute atomic E-state index is 12.6. The van der Waals surface area contributed by atoms with Crippen LogP contribution in [0.15, 0.2) is 0 Å². The van der Waals surface area contributed by atoms with E-state index in [1.807, 2.05) is 0 Å². The van der Waals surface area contributed by atoms with Gasteiger partial charge in [0.1, 0.15) is 5.78 Å². The zero-order chi connectivity index (χ0) is 12.6. The van der Waals surface area contributed by atoms with Gasteiger partial charge in [0.15, 0.2) is 0 Å². The summed E-state index contributed by atoms with van der Waals surface area (Å²) >= 11 is 0. The van der Waals surface area contributed by atoms with Crippen molar-refractivity contribution >= 4 is 5.78 Å². The van der Waals surface area contributed by atoms with E-state index in [2.05, 4.69) is 6.92 Å². The van der Waals surface area contributed by atoms with Crippen molar-refractivity contribution in [2.24, 2.45) is 17.8 Å². The topological polar surface area (TPSA) is 35.5 Å². The summed E-state index contributed by atoms with van der Waals surface area (Å²) in [6.07, 6.45) is 6.24. The summed E-state index contributed by atoms with van der Waals surface area (Å²) in [6, 6.07) is 0. The van der Waals surface area contributed by atoms with Crippen molar-refractivity contribution in [1.29, 1.82) is 0 Å². The second-order valence-corrected chi connectivity index (χ2v) is 6.54. The van der Waals surface area contributed by atoms with E-state index in [1.165, 1.54) is 6.42 Å². The van der Waals surface area contributed by atoms with E-state index in [0.717, 1.165) is 51.2 Å². The van der Waals surface area contributed by atoms with E-state index in [0.29, 0.717) is 18.3 Å². The molecule has 0 bridgehead atoms. The van der Waals surface area contributed by atoms with E-state index >= 15 is 0 Å². The number of rotatable bonds is 2. The summed E-state index contributed by atoms with van der Waals surface area (Å²) in [5.74, 6) is 1.83. The summed E-state index contributed by atoms with van der Waals surface area (Å²) in [5, 5.41) is 0. The normalized spacial score (nSPS) is 44.6. The second-order valence-electron chi connectivity index (χ2n) is 6.54. The van der Waals surface area contributed by atoms with Gasteiger partial charge in [-0.25, -0.2) is 0 Å². The molecular weight excluding hydrogens is 228 g/mol. The smallest absolute Gasteiger partial charge is 0.139 e.